The summed E-state index contributed by atoms with van der Waals surface area (Å²) in [6, 6.07) is -0.383. The van der Waals surface area contributed by atoms with Crippen LogP contribution >= 0.6 is 0 Å². The molecule has 2 aliphatic rings. The number of likely N-dealkylation sites (tertiary alicyclic amines) is 1. The Morgan fingerprint density at radius 2 is 2.28 bits per heavy atom. The van der Waals surface area contributed by atoms with Gasteiger partial charge in [-0.05, 0) is 32.2 Å². The Bertz CT molecular complexity index is 337. The average Bonchev–Trinajstić information content (AvgIpc) is 2.97. The lowest BCUT2D eigenvalue weighted by molar-refractivity contribution is -0.145. The molecule has 102 valence electrons. The van der Waals surface area contributed by atoms with Crippen molar-refractivity contribution in [2.24, 2.45) is 11.1 Å². The summed E-state index contributed by atoms with van der Waals surface area (Å²) in [5.41, 5.74) is 5.09. The molecule has 5 nitrogen and oxygen atoms in total. The number of hydrogen-bond acceptors (Lipinski definition) is 3. The third kappa shape index (κ3) is 2.23. The second-order valence-electron chi connectivity index (χ2n) is 5.52. The summed E-state index contributed by atoms with van der Waals surface area (Å²) < 4.78 is 0. The van der Waals surface area contributed by atoms with Crippen LogP contribution in [0.4, 0.5) is 0 Å². The van der Waals surface area contributed by atoms with Gasteiger partial charge in [-0.1, -0.05) is 13.3 Å². The Morgan fingerprint density at radius 3 is 2.83 bits per heavy atom. The molecule has 2 heterocycles. The zero-order valence-electron chi connectivity index (χ0n) is 11.1. The number of primary amides is 1. The van der Waals surface area contributed by atoms with Gasteiger partial charge in [-0.3, -0.25) is 9.59 Å². The highest BCUT2D eigenvalue weighted by Crippen LogP contribution is 2.35. The minimum Gasteiger partial charge on any atom is -0.368 e. The van der Waals surface area contributed by atoms with Gasteiger partial charge in [0.15, 0.2) is 0 Å². The van der Waals surface area contributed by atoms with E-state index in [-0.39, 0.29) is 23.3 Å². The van der Waals surface area contributed by atoms with E-state index in [1.54, 1.807) is 4.90 Å². The fourth-order valence-corrected chi connectivity index (χ4v) is 3.34. The number of carbonyl (C=O) groups is 2. The van der Waals surface area contributed by atoms with Crippen molar-refractivity contribution in [3.05, 3.63) is 0 Å². The molecule has 2 amide bonds. The summed E-state index contributed by atoms with van der Waals surface area (Å²) >= 11 is 0. The van der Waals surface area contributed by atoms with E-state index in [9.17, 15) is 9.59 Å². The standard InChI is InChI=1S/C13H23N3O2/c1-2-5-13(6-7-15-9-13)12(18)16-8-3-4-10(16)11(14)17/h10,15H,2-9H2,1H3,(H2,14,17). The predicted molar refractivity (Wildman–Crippen MR) is 68.8 cm³/mol. The average molecular weight is 253 g/mol. The first-order valence-electron chi connectivity index (χ1n) is 6.92. The third-order valence-electron chi connectivity index (χ3n) is 4.27. The van der Waals surface area contributed by atoms with Crippen LogP contribution in [0.3, 0.4) is 0 Å². The Balaban J connectivity index is 2.15. The molecule has 2 unspecified atom stereocenters. The molecular formula is C13H23N3O2. The highest BCUT2D eigenvalue weighted by atomic mass is 16.2. The van der Waals surface area contributed by atoms with Crippen molar-refractivity contribution in [3.63, 3.8) is 0 Å². The lowest BCUT2D eigenvalue weighted by Gasteiger charge is -2.33. The fourth-order valence-electron chi connectivity index (χ4n) is 3.34. The molecule has 0 radical (unpaired) electrons. The predicted octanol–water partition coefficient (Wildman–Crippen LogP) is 0.243. The number of carbonyl (C=O) groups excluding carboxylic acids is 2. The molecule has 2 atom stereocenters. The number of rotatable bonds is 4. The van der Waals surface area contributed by atoms with E-state index in [0.29, 0.717) is 6.54 Å². The second kappa shape index (κ2) is 5.26. The number of hydrogen-bond donors (Lipinski definition) is 2. The van der Waals surface area contributed by atoms with Crippen LogP contribution in [0, 0.1) is 5.41 Å². The summed E-state index contributed by atoms with van der Waals surface area (Å²) in [7, 11) is 0. The zero-order valence-corrected chi connectivity index (χ0v) is 11.1. The van der Waals surface area contributed by atoms with Crippen LogP contribution in [-0.2, 0) is 9.59 Å². The Kier molecular flexibility index (Phi) is 3.90. The fraction of sp³-hybridized carbons (Fsp3) is 0.846. The van der Waals surface area contributed by atoms with E-state index in [1.807, 2.05) is 0 Å². The van der Waals surface area contributed by atoms with Crippen molar-refractivity contribution in [1.29, 1.82) is 0 Å². The van der Waals surface area contributed by atoms with Gasteiger partial charge in [0.05, 0.1) is 5.41 Å². The van der Waals surface area contributed by atoms with Crippen molar-refractivity contribution < 1.29 is 9.59 Å². The van der Waals surface area contributed by atoms with Gasteiger partial charge in [0.25, 0.3) is 0 Å². The number of nitrogens with zero attached hydrogens (tertiary/aromatic N) is 1. The van der Waals surface area contributed by atoms with E-state index < -0.39 is 0 Å². The Hall–Kier alpha value is -1.10. The molecule has 3 N–H and O–H groups in total. The normalized spacial score (nSPS) is 31.8. The SMILES string of the molecule is CCCC1(C(=O)N2CCCC2C(N)=O)CCNC1. The second-order valence-corrected chi connectivity index (χ2v) is 5.52. The van der Waals surface area contributed by atoms with Gasteiger partial charge in [0.1, 0.15) is 6.04 Å². The van der Waals surface area contributed by atoms with Crippen LogP contribution in [0.5, 0.6) is 0 Å². The molecule has 2 saturated heterocycles. The first kappa shape index (κ1) is 13.3. The molecule has 2 fully saturated rings. The van der Waals surface area contributed by atoms with Crippen molar-refractivity contribution in [2.45, 2.75) is 45.1 Å². The molecule has 0 bridgehead atoms. The highest BCUT2D eigenvalue weighted by Gasteiger charge is 2.46. The highest BCUT2D eigenvalue weighted by molar-refractivity contribution is 5.90. The molecule has 0 aromatic rings. The topological polar surface area (TPSA) is 75.4 Å². The summed E-state index contributed by atoms with van der Waals surface area (Å²) in [6.45, 7) is 4.41. The maximum atomic E-state index is 12.8. The van der Waals surface area contributed by atoms with E-state index in [2.05, 4.69) is 12.2 Å². The molecule has 0 saturated carbocycles. The lowest BCUT2D eigenvalue weighted by Crippen LogP contribution is -2.51. The van der Waals surface area contributed by atoms with Crippen molar-refractivity contribution in [1.82, 2.24) is 10.2 Å². The zero-order chi connectivity index (χ0) is 13.2. The van der Waals surface area contributed by atoms with Gasteiger partial charge in [-0.2, -0.15) is 0 Å². The minimum atomic E-state index is -0.383. The quantitative estimate of drug-likeness (QED) is 0.753. The monoisotopic (exact) mass is 253 g/mol. The molecule has 2 aliphatic heterocycles. The van der Waals surface area contributed by atoms with Crippen molar-refractivity contribution in [3.8, 4) is 0 Å². The number of nitrogens with two attached hydrogens (primary N) is 1. The molecule has 0 aromatic heterocycles. The van der Waals surface area contributed by atoms with Gasteiger partial charge in [0, 0.05) is 13.1 Å². The van der Waals surface area contributed by atoms with Crippen LogP contribution in [0.2, 0.25) is 0 Å². The molecule has 5 heteroatoms. The van der Waals surface area contributed by atoms with Crippen LogP contribution in [0.25, 0.3) is 0 Å². The molecular weight excluding hydrogens is 230 g/mol. The Labute approximate surface area is 108 Å². The molecule has 2 rings (SSSR count). The maximum absolute atomic E-state index is 12.8. The first-order valence-corrected chi connectivity index (χ1v) is 6.92. The summed E-state index contributed by atoms with van der Waals surface area (Å²) in [5.74, 6) is -0.228. The van der Waals surface area contributed by atoms with Gasteiger partial charge in [-0.25, -0.2) is 0 Å². The Morgan fingerprint density at radius 1 is 1.50 bits per heavy atom. The van der Waals surface area contributed by atoms with Gasteiger partial charge in [0.2, 0.25) is 11.8 Å². The van der Waals surface area contributed by atoms with Crippen molar-refractivity contribution >= 4 is 11.8 Å². The van der Waals surface area contributed by atoms with Crippen LogP contribution in [0.1, 0.15) is 39.0 Å². The largest absolute Gasteiger partial charge is 0.368 e. The van der Waals surface area contributed by atoms with Crippen LogP contribution in [0.15, 0.2) is 0 Å². The lowest BCUT2D eigenvalue weighted by atomic mass is 9.81. The summed E-state index contributed by atoms with van der Waals surface area (Å²) in [4.78, 5) is 25.9. The number of amides is 2. The van der Waals surface area contributed by atoms with Gasteiger partial charge >= 0.3 is 0 Å². The summed E-state index contributed by atoms with van der Waals surface area (Å²) in [6.07, 6.45) is 4.36. The molecule has 0 aliphatic carbocycles. The smallest absolute Gasteiger partial charge is 0.240 e. The maximum Gasteiger partial charge on any atom is 0.240 e. The summed E-state index contributed by atoms with van der Waals surface area (Å²) in [5, 5.41) is 3.28. The van der Waals surface area contributed by atoms with Crippen LogP contribution in [-0.4, -0.2) is 42.4 Å². The molecule has 0 aromatic carbocycles. The van der Waals surface area contributed by atoms with Gasteiger partial charge in [-0.15, -0.1) is 0 Å². The van der Waals surface area contributed by atoms with E-state index in [1.165, 1.54) is 0 Å². The van der Waals surface area contributed by atoms with Crippen molar-refractivity contribution in [2.75, 3.05) is 19.6 Å². The minimum absolute atomic E-state index is 0.135. The first-order chi connectivity index (χ1) is 8.60. The van der Waals surface area contributed by atoms with E-state index >= 15 is 0 Å². The van der Waals surface area contributed by atoms with E-state index in [4.69, 9.17) is 5.73 Å². The third-order valence-corrected chi connectivity index (χ3v) is 4.27. The molecule has 0 spiro atoms. The van der Waals surface area contributed by atoms with E-state index in [0.717, 1.165) is 45.2 Å². The number of nitrogens with one attached hydrogen (secondary N) is 1. The van der Waals surface area contributed by atoms with Gasteiger partial charge < -0.3 is 16.0 Å². The van der Waals surface area contributed by atoms with Crippen LogP contribution < -0.4 is 11.1 Å². The molecule has 18 heavy (non-hydrogen) atoms.